The summed E-state index contributed by atoms with van der Waals surface area (Å²) in [6.45, 7) is 8.20. The summed E-state index contributed by atoms with van der Waals surface area (Å²) >= 11 is 0. The van der Waals surface area contributed by atoms with Gasteiger partial charge in [-0.2, -0.15) is 0 Å². The highest BCUT2D eigenvalue weighted by Crippen LogP contribution is 2.08. The lowest BCUT2D eigenvalue weighted by Gasteiger charge is -2.38. The average molecular weight is 211 g/mol. The molecule has 2 unspecified atom stereocenters. The van der Waals surface area contributed by atoms with Gasteiger partial charge in [0.2, 0.25) is 5.91 Å². The van der Waals surface area contributed by atoms with E-state index in [-0.39, 0.29) is 5.91 Å². The molecule has 1 saturated heterocycles. The van der Waals surface area contributed by atoms with Crippen molar-refractivity contribution >= 4 is 5.91 Å². The van der Waals surface area contributed by atoms with E-state index in [1.807, 2.05) is 4.90 Å². The van der Waals surface area contributed by atoms with E-state index in [0.29, 0.717) is 12.5 Å². The second-order valence-corrected chi connectivity index (χ2v) is 4.24. The van der Waals surface area contributed by atoms with E-state index in [9.17, 15) is 4.79 Å². The summed E-state index contributed by atoms with van der Waals surface area (Å²) < 4.78 is 0. The van der Waals surface area contributed by atoms with Crippen LogP contribution in [-0.4, -0.2) is 54.5 Å². The van der Waals surface area contributed by atoms with Gasteiger partial charge in [-0.05, 0) is 20.4 Å². The molecule has 15 heavy (non-hydrogen) atoms. The molecule has 4 heteroatoms. The van der Waals surface area contributed by atoms with Crippen molar-refractivity contribution in [3.05, 3.63) is 12.7 Å². The van der Waals surface area contributed by atoms with Crippen LogP contribution in [0.4, 0.5) is 0 Å². The smallest absolute Gasteiger partial charge is 0.239 e. The van der Waals surface area contributed by atoms with E-state index < -0.39 is 6.04 Å². The Kier molecular flexibility index (Phi) is 4.29. The minimum atomic E-state index is -0.418. The van der Waals surface area contributed by atoms with Gasteiger partial charge < -0.3 is 15.5 Å². The number of carbonyl (C=O) groups is 1. The second-order valence-electron chi connectivity index (χ2n) is 4.24. The third-order valence-electron chi connectivity index (χ3n) is 3.01. The Hall–Kier alpha value is -0.870. The van der Waals surface area contributed by atoms with Gasteiger partial charge in [0.15, 0.2) is 0 Å². The Bertz CT molecular complexity index is 242. The fraction of sp³-hybridized carbons (Fsp3) is 0.727. The summed E-state index contributed by atoms with van der Waals surface area (Å²) in [4.78, 5) is 16.0. The number of amides is 1. The summed E-state index contributed by atoms with van der Waals surface area (Å²) in [6.07, 6.45) is 2.25. The molecule has 4 nitrogen and oxygen atoms in total. The number of likely N-dealkylation sites (N-methyl/N-ethyl adjacent to an activating group) is 1. The van der Waals surface area contributed by atoms with E-state index in [1.165, 1.54) is 0 Å². The maximum Gasteiger partial charge on any atom is 0.239 e. The molecule has 1 heterocycles. The first-order valence-corrected chi connectivity index (χ1v) is 5.41. The molecular formula is C11H21N3O. The van der Waals surface area contributed by atoms with Gasteiger partial charge in [0.1, 0.15) is 0 Å². The zero-order chi connectivity index (χ0) is 11.4. The molecule has 0 saturated carbocycles. The first-order valence-electron chi connectivity index (χ1n) is 5.41. The molecular weight excluding hydrogens is 190 g/mol. The van der Waals surface area contributed by atoms with Gasteiger partial charge in [-0.3, -0.25) is 4.79 Å². The second kappa shape index (κ2) is 5.28. The molecule has 1 fully saturated rings. The third kappa shape index (κ3) is 3.04. The van der Waals surface area contributed by atoms with Gasteiger partial charge in [-0.25, -0.2) is 0 Å². The van der Waals surface area contributed by atoms with Crippen LogP contribution in [0.1, 0.15) is 13.3 Å². The zero-order valence-electron chi connectivity index (χ0n) is 9.65. The minimum Gasteiger partial charge on any atom is -0.338 e. The molecule has 0 aromatic rings. The van der Waals surface area contributed by atoms with Crippen LogP contribution in [0, 0.1) is 0 Å². The third-order valence-corrected chi connectivity index (χ3v) is 3.01. The molecule has 1 rings (SSSR count). The van der Waals surface area contributed by atoms with Crippen LogP contribution in [0.25, 0.3) is 0 Å². The van der Waals surface area contributed by atoms with E-state index >= 15 is 0 Å². The lowest BCUT2D eigenvalue weighted by molar-refractivity contribution is -0.135. The van der Waals surface area contributed by atoms with E-state index in [2.05, 4.69) is 25.5 Å². The number of hydrogen-bond acceptors (Lipinski definition) is 3. The largest absolute Gasteiger partial charge is 0.338 e. The summed E-state index contributed by atoms with van der Waals surface area (Å²) in [7, 11) is 2.08. The number of nitrogens with zero attached hydrogens (tertiary/aromatic N) is 2. The Balaban J connectivity index is 2.50. The minimum absolute atomic E-state index is 0.0508. The van der Waals surface area contributed by atoms with Crippen molar-refractivity contribution in [3.63, 3.8) is 0 Å². The Labute approximate surface area is 91.7 Å². The van der Waals surface area contributed by atoms with Crippen molar-refractivity contribution in [2.24, 2.45) is 5.73 Å². The van der Waals surface area contributed by atoms with Crippen molar-refractivity contribution in [2.45, 2.75) is 25.4 Å². The molecule has 2 N–H and O–H groups in total. The maximum absolute atomic E-state index is 11.9. The first-order chi connectivity index (χ1) is 7.06. The molecule has 1 aliphatic heterocycles. The molecule has 1 aliphatic rings. The number of hydrogen-bond donors (Lipinski definition) is 1. The summed E-state index contributed by atoms with van der Waals surface area (Å²) in [5.74, 6) is 0.0508. The molecule has 0 spiro atoms. The number of carbonyl (C=O) groups excluding carboxylic acids is 1. The van der Waals surface area contributed by atoms with Crippen molar-refractivity contribution < 1.29 is 4.79 Å². The van der Waals surface area contributed by atoms with Crippen molar-refractivity contribution in [1.29, 1.82) is 0 Å². The quantitative estimate of drug-likeness (QED) is 0.671. The predicted molar refractivity (Wildman–Crippen MR) is 61.5 cm³/mol. The van der Waals surface area contributed by atoms with E-state index in [4.69, 9.17) is 5.73 Å². The fourth-order valence-corrected chi connectivity index (χ4v) is 1.76. The van der Waals surface area contributed by atoms with Gasteiger partial charge in [-0.1, -0.05) is 6.08 Å². The van der Waals surface area contributed by atoms with Gasteiger partial charge in [-0.15, -0.1) is 6.58 Å². The van der Waals surface area contributed by atoms with E-state index in [1.54, 1.807) is 6.08 Å². The number of nitrogens with two attached hydrogens (primary N) is 1. The summed E-state index contributed by atoms with van der Waals surface area (Å²) in [5.41, 5.74) is 5.76. The molecule has 0 aromatic heterocycles. The topological polar surface area (TPSA) is 49.6 Å². The molecule has 0 aromatic carbocycles. The van der Waals surface area contributed by atoms with Gasteiger partial charge in [0, 0.05) is 25.7 Å². The standard InChI is InChI=1S/C11H21N3O/c1-4-5-10(12)11(15)14-7-6-13(3)9(2)8-14/h4,9-10H,1,5-8,12H2,2-3H3. The van der Waals surface area contributed by atoms with Crippen molar-refractivity contribution in [2.75, 3.05) is 26.7 Å². The van der Waals surface area contributed by atoms with Crippen LogP contribution in [-0.2, 0) is 4.79 Å². The maximum atomic E-state index is 11.9. The highest BCUT2D eigenvalue weighted by Gasteiger charge is 2.26. The fourth-order valence-electron chi connectivity index (χ4n) is 1.76. The highest BCUT2D eigenvalue weighted by molar-refractivity contribution is 5.82. The molecule has 86 valence electrons. The lowest BCUT2D eigenvalue weighted by atomic mass is 10.1. The molecule has 2 atom stereocenters. The Morgan fingerprint density at radius 1 is 1.67 bits per heavy atom. The molecule has 1 amide bonds. The van der Waals surface area contributed by atoms with Crippen LogP contribution in [0.5, 0.6) is 0 Å². The first kappa shape index (κ1) is 12.2. The van der Waals surface area contributed by atoms with Gasteiger partial charge >= 0.3 is 0 Å². The average Bonchev–Trinajstić information content (AvgIpc) is 2.21. The van der Waals surface area contributed by atoms with Gasteiger partial charge in [0.05, 0.1) is 6.04 Å². The number of piperazine rings is 1. The summed E-state index contributed by atoms with van der Waals surface area (Å²) in [5, 5.41) is 0. The van der Waals surface area contributed by atoms with Crippen molar-refractivity contribution in [1.82, 2.24) is 9.80 Å². The van der Waals surface area contributed by atoms with Crippen LogP contribution < -0.4 is 5.73 Å². The molecule has 0 bridgehead atoms. The number of rotatable bonds is 3. The molecule has 0 aliphatic carbocycles. The monoisotopic (exact) mass is 211 g/mol. The van der Waals surface area contributed by atoms with Crippen LogP contribution in [0.15, 0.2) is 12.7 Å². The van der Waals surface area contributed by atoms with Crippen LogP contribution in [0.2, 0.25) is 0 Å². The Morgan fingerprint density at radius 3 is 2.87 bits per heavy atom. The zero-order valence-corrected chi connectivity index (χ0v) is 9.65. The van der Waals surface area contributed by atoms with Crippen LogP contribution >= 0.6 is 0 Å². The Morgan fingerprint density at radius 2 is 2.33 bits per heavy atom. The lowest BCUT2D eigenvalue weighted by Crippen LogP contribution is -2.55. The predicted octanol–water partition coefficient (Wildman–Crippen LogP) is 0.0523. The summed E-state index contributed by atoms with van der Waals surface area (Å²) in [6, 6.07) is -0.00302. The van der Waals surface area contributed by atoms with E-state index in [0.717, 1.165) is 19.6 Å². The van der Waals surface area contributed by atoms with Crippen LogP contribution in [0.3, 0.4) is 0 Å². The SMILES string of the molecule is C=CCC(N)C(=O)N1CCN(C)C(C)C1. The normalized spacial score (nSPS) is 25.0. The van der Waals surface area contributed by atoms with Gasteiger partial charge in [0.25, 0.3) is 0 Å². The van der Waals surface area contributed by atoms with Crippen molar-refractivity contribution in [3.8, 4) is 0 Å². The highest BCUT2D eigenvalue weighted by atomic mass is 16.2. The molecule has 0 radical (unpaired) electrons.